The van der Waals surface area contributed by atoms with E-state index in [4.69, 9.17) is 5.26 Å². The van der Waals surface area contributed by atoms with Gasteiger partial charge in [0.25, 0.3) is 0 Å². The molecule has 3 rings (SSSR count). The average Bonchev–Trinajstić information content (AvgIpc) is 2.64. The van der Waals surface area contributed by atoms with Gasteiger partial charge in [0.2, 0.25) is 0 Å². The van der Waals surface area contributed by atoms with Gasteiger partial charge >= 0.3 is 0 Å². The van der Waals surface area contributed by atoms with Gasteiger partial charge in [0, 0.05) is 25.2 Å². The predicted molar refractivity (Wildman–Crippen MR) is 70.4 cm³/mol. The summed E-state index contributed by atoms with van der Waals surface area (Å²) in [5.41, 5.74) is 1.64. The van der Waals surface area contributed by atoms with Crippen molar-refractivity contribution in [1.82, 2.24) is 9.88 Å². The second-order valence-electron chi connectivity index (χ2n) is 5.30. The monoisotopic (exact) mass is 242 g/mol. The Kier molecular flexibility index (Phi) is 2.92. The molecule has 4 nitrogen and oxygen atoms in total. The van der Waals surface area contributed by atoms with Crippen LogP contribution in [0.2, 0.25) is 0 Å². The normalized spacial score (nSPS) is 27.9. The molecule has 0 aromatic carbocycles. The molecule has 18 heavy (non-hydrogen) atoms. The molecule has 1 aromatic rings. The number of hydrogen-bond acceptors (Lipinski definition) is 4. The number of nitriles is 1. The lowest BCUT2D eigenvalue weighted by molar-refractivity contribution is 0.254. The van der Waals surface area contributed by atoms with Gasteiger partial charge in [-0.1, -0.05) is 0 Å². The van der Waals surface area contributed by atoms with Gasteiger partial charge in [0.05, 0.1) is 11.9 Å². The molecule has 2 aliphatic rings. The molecule has 2 fully saturated rings. The van der Waals surface area contributed by atoms with Crippen LogP contribution in [-0.4, -0.2) is 42.1 Å². The summed E-state index contributed by atoms with van der Waals surface area (Å²) in [7, 11) is 2.25. The summed E-state index contributed by atoms with van der Waals surface area (Å²) < 4.78 is 0. The number of nitrogens with zero attached hydrogens (tertiary/aromatic N) is 4. The largest absolute Gasteiger partial charge is 0.369 e. The third-order valence-electron chi connectivity index (χ3n) is 4.38. The van der Waals surface area contributed by atoms with Crippen LogP contribution in [0.5, 0.6) is 0 Å². The van der Waals surface area contributed by atoms with E-state index >= 15 is 0 Å². The second kappa shape index (κ2) is 4.58. The molecule has 3 heterocycles. The van der Waals surface area contributed by atoms with Gasteiger partial charge in [-0.15, -0.1) is 0 Å². The van der Waals surface area contributed by atoms with Crippen molar-refractivity contribution < 1.29 is 0 Å². The molecule has 0 spiro atoms. The smallest absolute Gasteiger partial charge is 0.140 e. The molecular weight excluding hydrogens is 224 g/mol. The van der Waals surface area contributed by atoms with Crippen LogP contribution in [0.3, 0.4) is 0 Å². The second-order valence-corrected chi connectivity index (χ2v) is 5.30. The molecule has 4 heteroatoms. The summed E-state index contributed by atoms with van der Waals surface area (Å²) >= 11 is 0. The van der Waals surface area contributed by atoms with E-state index in [2.05, 4.69) is 27.9 Å². The van der Waals surface area contributed by atoms with Crippen molar-refractivity contribution in [3.05, 3.63) is 24.0 Å². The molecular formula is C14H18N4. The van der Waals surface area contributed by atoms with Crippen molar-refractivity contribution in [1.29, 1.82) is 5.26 Å². The topological polar surface area (TPSA) is 43.2 Å². The van der Waals surface area contributed by atoms with E-state index in [-0.39, 0.29) is 0 Å². The number of rotatable bonds is 1. The number of aromatic nitrogens is 1. The standard InChI is InChI=1S/C14H18N4/c1-17-12-4-5-14(17)10-18(7-6-12)13-3-2-11(8-15)16-9-13/h2-3,9,12,14H,4-7,10H2,1H3/t12-,14+/m0/s1. The highest BCUT2D eigenvalue weighted by atomic mass is 15.3. The lowest BCUT2D eigenvalue weighted by Gasteiger charge is -2.27. The molecule has 2 aliphatic heterocycles. The SMILES string of the molecule is CN1[C@H]2CC[C@@H]1CN(c1ccc(C#N)nc1)CC2. The molecule has 2 atom stereocenters. The first-order valence-corrected chi connectivity index (χ1v) is 6.61. The highest BCUT2D eigenvalue weighted by Crippen LogP contribution is 2.30. The van der Waals surface area contributed by atoms with Gasteiger partial charge < -0.3 is 4.90 Å². The third kappa shape index (κ3) is 1.95. The molecule has 2 saturated heterocycles. The number of anilines is 1. The Labute approximate surface area is 108 Å². The zero-order chi connectivity index (χ0) is 12.5. The lowest BCUT2D eigenvalue weighted by Crippen LogP contribution is -2.36. The number of likely N-dealkylation sites (N-methyl/N-ethyl adjacent to an activating group) is 1. The van der Waals surface area contributed by atoms with Crippen LogP contribution in [-0.2, 0) is 0 Å². The highest BCUT2D eigenvalue weighted by Gasteiger charge is 2.34. The maximum Gasteiger partial charge on any atom is 0.140 e. The van der Waals surface area contributed by atoms with E-state index < -0.39 is 0 Å². The van der Waals surface area contributed by atoms with Gasteiger partial charge in [-0.3, -0.25) is 4.90 Å². The lowest BCUT2D eigenvalue weighted by atomic mass is 10.1. The minimum atomic E-state index is 0.493. The van der Waals surface area contributed by atoms with E-state index in [1.54, 1.807) is 0 Å². The van der Waals surface area contributed by atoms with E-state index in [0.717, 1.165) is 24.8 Å². The van der Waals surface area contributed by atoms with Gasteiger partial charge in [-0.05, 0) is 38.4 Å². The first-order chi connectivity index (χ1) is 8.78. The minimum absolute atomic E-state index is 0.493. The van der Waals surface area contributed by atoms with Gasteiger partial charge in [0.15, 0.2) is 0 Å². The summed E-state index contributed by atoms with van der Waals surface area (Å²) in [6.07, 6.45) is 5.71. The molecule has 0 N–H and O–H groups in total. The summed E-state index contributed by atoms with van der Waals surface area (Å²) in [6.45, 7) is 2.18. The summed E-state index contributed by atoms with van der Waals surface area (Å²) in [5, 5.41) is 8.77. The maximum atomic E-state index is 8.77. The molecule has 94 valence electrons. The van der Waals surface area contributed by atoms with Crippen LogP contribution >= 0.6 is 0 Å². The van der Waals surface area contributed by atoms with Gasteiger partial charge in [-0.2, -0.15) is 5.26 Å². The molecule has 2 bridgehead atoms. The Morgan fingerprint density at radius 3 is 2.83 bits per heavy atom. The summed E-state index contributed by atoms with van der Waals surface area (Å²) in [4.78, 5) is 9.12. The molecule has 0 unspecified atom stereocenters. The fourth-order valence-electron chi connectivity index (χ4n) is 3.18. The van der Waals surface area contributed by atoms with Crippen LogP contribution in [0.1, 0.15) is 25.0 Å². The van der Waals surface area contributed by atoms with Gasteiger partial charge in [0.1, 0.15) is 11.8 Å². The third-order valence-corrected chi connectivity index (χ3v) is 4.38. The van der Waals surface area contributed by atoms with E-state index in [1.165, 1.54) is 19.3 Å². The Bertz CT molecular complexity index is 462. The van der Waals surface area contributed by atoms with Crippen molar-refractivity contribution in [3.8, 4) is 6.07 Å². The fourth-order valence-corrected chi connectivity index (χ4v) is 3.18. The Balaban J connectivity index is 1.78. The van der Waals surface area contributed by atoms with E-state index in [0.29, 0.717) is 11.7 Å². The van der Waals surface area contributed by atoms with Crippen LogP contribution in [0.4, 0.5) is 5.69 Å². The molecule has 0 aliphatic carbocycles. The Morgan fingerprint density at radius 2 is 2.11 bits per heavy atom. The number of pyridine rings is 1. The summed E-state index contributed by atoms with van der Waals surface area (Å²) in [6, 6.07) is 7.32. The van der Waals surface area contributed by atoms with Crippen molar-refractivity contribution in [3.63, 3.8) is 0 Å². The molecule has 0 radical (unpaired) electrons. The average molecular weight is 242 g/mol. The quantitative estimate of drug-likeness (QED) is 0.750. The first kappa shape index (κ1) is 11.5. The number of hydrogen-bond donors (Lipinski definition) is 0. The maximum absolute atomic E-state index is 8.77. The van der Waals surface area contributed by atoms with Crippen LogP contribution in [0.15, 0.2) is 18.3 Å². The van der Waals surface area contributed by atoms with Crippen LogP contribution in [0.25, 0.3) is 0 Å². The zero-order valence-corrected chi connectivity index (χ0v) is 10.7. The Hall–Kier alpha value is -1.60. The van der Waals surface area contributed by atoms with Gasteiger partial charge in [-0.25, -0.2) is 4.98 Å². The molecule has 0 amide bonds. The first-order valence-electron chi connectivity index (χ1n) is 6.61. The van der Waals surface area contributed by atoms with Crippen LogP contribution in [0, 0.1) is 11.3 Å². The number of fused-ring (bicyclic) bond motifs is 2. The Morgan fingerprint density at radius 1 is 1.28 bits per heavy atom. The van der Waals surface area contributed by atoms with Crippen LogP contribution < -0.4 is 4.90 Å². The van der Waals surface area contributed by atoms with Crippen molar-refractivity contribution in [2.75, 3.05) is 25.0 Å². The minimum Gasteiger partial charge on any atom is -0.369 e. The zero-order valence-electron chi connectivity index (χ0n) is 10.7. The molecule has 0 saturated carbocycles. The van der Waals surface area contributed by atoms with E-state index in [9.17, 15) is 0 Å². The fraction of sp³-hybridized carbons (Fsp3) is 0.571. The van der Waals surface area contributed by atoms with Crippen molar-refractivity contribution in [2.45, 2.75) is 31.3 Å². The van der Waals surface area contributed by atoms with E-state index in [1.807, 2.05) is 18.3 Å². The predicted octanol–water partition coefficient (Wildman–Crippen LogP) is 1.63. The van der Waals surface area contributed by atoms with Crippen molar-refractivity contribution in [2.24, 2.45) is 0 Å². The van der Waals surface area contributed by atoms with Crippen molar-refractivity contribution >= 4 is 5.69 Å². The summed E-state index contributed by atoms with van der Waals surface area (Å²) in [5.74, 6) is 0. The highest BCUT2D eigenvalue weighted by molar-refractivity contribution is 5.46. The molecule has 1 aromatic heterocycles.